The summed E-state index contributed by atoms with van der Waals surface area (Å²) in [6.07, 6.45) is 3.87. The van der Waals surface area contributed by atoms with Gasteiger partial charge in [-0.05, 0) is 31.5 Å². The van der Waals surface area contributed by atoms with Gasteiger partial charge in [0.2, 0.25) is 5.91 Å². The minimum absolute atomic E-state index is 0.0820. The number of rotatable bonds is 6. The first kappa shape index (κ1) is 12.2. The molecule has 0 aromatic rings. The van der Waals surface area contributed by atoms with E-state index < -0.39 is 0 Å². The second kappa shape index (κ2) is 6.61. The lowest BCUT2D eigenvalue weighted by Crippen LogP contribution is -2.38. The summed E-state index contributed by atoms with van der Waals surface area (Å²) in [6.45, 7) is 3.39. The normalized spacial score (nSPS) is 14.5. The van der Waals surface area contributed by atoms with E-state index in [1.165, 1.54) is 12.8 Å². The van der Waals surface area contributed by atoms with Crippen LogP contribution in [0.4, 0.5) is 0 Å². The van der Waals surface area contributed by atoms with Crippen molar-refractivity contribution < 1.29 is 4.79 Å². The van der Waals surface area contributed by atoms with Gasteiger partial charge in [0, 0.05) is 25.6 Å². The van der Waals surface area contributed by atoms with E-state index in [2.05, 4.69) is 16.0 Å². The molecule has 0 radical (unpaired) electrons. The smallest absolute Gasteiger partial charge is 0.221 e. The van der Waals surface area contributed by atoms with Gasteiger partial charge in [0.15, 0.2) is 5.11 Å². The Balaban J connectivity index is 1.94. The molecule has 0 aromatic heterocycles. The molecule has 5 heteroatoms. The Morgan fingerprint density at radius 2 is 2.07 bits per heavy atom. The van der Waals surface area contributed by atoms with Crippen LogP contribution >= 0.6 is 12.2 Å². The molecule has 4 nitrogen and oxygen atoms in total. The molecule has 1 aliphatic rings. The molecule has 3 N–H and O–H groups in total. The molecular weight excluding hydrogens is 210 g/mol. The maximum absolute atomic E-state index is 11.2. The number of hydrogen-bond donors (Lipinski definition) is 3. The van der Waals surface area contributed by atoms with Crippen molar-refractivity contribution in [2.75, 3.05) is 13.1 Å². The van der Waals surface area contributed by atoms with Gasteiger partial charge < -0.3 is 16.0 Å². The highest BCUT2D eigenvalue weighted by Gasteiger charge is 2.21. The lowest BCUT2D eigenvalue weighted by atomic mass is 10.4. The Labute approximate surface area is 96.2 Å². The van der Waals surface area contributed by atoms with Gasteiger partial charge in [-0.2, -0.15) is 0 Å². The number of hydrogen-bond acceptors (Lipinski definition) is 2. The largest absolute Gasteiger partial charge is 0.362 e. The summed E-state index contributed by atoms with van der Waals surface area (Å²) in [4.78, 5) is 11.2. The lowest BCUT2D eigenvalue weighted by molar-refractivity contribution is -0.120. The molecular formula is C10H19N3OS. The van der Waals surface area contributed by atoms with Crippen LogP contribution in [0.25, 0.3) is 0 Å². The third kappa shape index (κ3) is 6.28. The fourth-order valence-corrected chi connectivity index (χ4v) is 1.38. The molecule has 0 aliphatic heterocycles. The third-order valence-electron chi connectivity index (χ3n) is 2.12. The Morgan fingerprint density at radius 1 is 1.33 bits per heavy atom. The van der Waals surface area contributed by atoms with E-state index in [1.807, 2.05) is 6.92 Å². The lowest BCUT2D eigenvalue weighted by Gasteiger charge is -2.09. The van der Waals surface area contributed by atoms with E-state index in [0.29, 0.717) is 24.1 Å². The first-order chi connectivity index (χ1) is 7.22. The number of amides is 1. The number of nitrogens with one attached hydrogen (secondary N) is 3. The minimum Gasteiger partial charge on any atom is -0.362 e. The molecule has 0 aromatic carbocycles. The molecule has 15 heavy (non-hydrogen) atoms. The fraction of sp³-hybridized carbons (Fsp3) is 0.800. The second-order valence-electron chi connectivity index (χ2n) is 3.77. The summed E-state index contributed by atoms with van der Waals surface area (Å²) < 4.78 is 0. The van der Waals surface area contributed by atoms with Crippen LogP contribution in [0.3, 0.4) is 0 Å². The van der Waals surface area contributed by atoms with Crippen LogP contribution in [0.5, 0.6) is 0 Å². The van der Waals surface area contributed by atoms with Gasteiger partial charge in [0.1, 0.15) is 0 Å². The molecule has 0 spiro atoms. The summed E-state index contributed by atoms with van der Waals surface area (Å²) in [5.41, 5.74) is 0. The van der Waals surface area contributed by atoms with Crippen molar-refractivity contribution in [3.8, 4) is 0 Å². The predicted octanol–water partition coefficient (Wildman–Crippen LogP) is 0.529. The van der Waals surface area contributed by atoms with E-state index in [-0.39, 0.29) is 5.91 Å². The van der Waals surface area contributed by atoms with Crippen molar-refractivity contribution >= 4 is 23.2 Å². The van der Waals surface area contributed by atoms with Gasteiger partial charge in [-0.15, -0.1) is 0 Å². The molecule has 1 aliphatic carbocycles. The van der Waals surface area contributed by atoms with Crippen LogP contribution in [0.1, 0.15) is 32.6 Å². The Bertz CT molecular complexity index is 229. The highest BCUT2D eigenvalue weighted by atomic mass is 32.1. The SMILES string of the molecule is CCCNC(=O)CCNC(=S)NC1CC1. The first-order valence-corrected chi connectivity index (χ1v) is 5.94. The van der Waals surface area contributed by atoms with Crippen LogP contribution in [-0.4, -0.2) is 30.2 Å². The average Bonchev–Trinajstić information content (AvgIpc) is 2.98. The van der Waals surface area contributed by atoms with Crippen LogP contribution in [0.2, 0.25) is 0 Å². The van der Waals surface area contributed by atoms with Crippen molar-refractivity contribution in [1.82, 2.24) is 16.0 Å². The average molecular weight is 229 g/mol. The zero-order chi connectivity index (χ0) is 11.1. The van der Waals surface area contributed by atoms with Gasteiger partial charge in [0.05, 0.1) is 0 Å². The van der Waals surface area contributed by atoms with Crippen molar-refractivity contribution in [1.29, 1.82) is 0 Å². The highest BCUT2D eigenvalue weighted by molar-refractivity contribution is 7.80. The Kier molecular flexibility index (Phi) is 5.39. The molecule has 86 valence electrons. The van der Waals surface area contributed by atoms with E-state index in [9.17, 15) is 4.79 Å². The molecule has 1 fully saturated rings. The third-order valence-corrected chi connectivity index (χ3v) is 2.38. The zero-order valence-electron chi connectivity index (χ0n) is 9.14. The fourth-order valence-electron chi connectivity index (χ4n) is 1.11. The van der Waals surface area contributed by atoms with E-state index in [4.69, 9.17) is 12.2 Å². The quantitative estimate of drug-likeness (QED) is 0.582. The molecule has 0 bridgehead atoms. The molecule has 1 amide bonds. The summed E-state index contributed by atoms with van der Waals surface area (Å²) in [6, 6.07) is 0.568. The van der Waals surface area contributed by atoms with Crippen LogP contribution in [0, 0.1) is 0 Å². The summed E-state index contributed by atoms with van der Waals surface area (Å²) in [5, 5.41) is 9.66. The molecule has 0 unspecified atom stereocenters. The number of thiocarbonyl (C=S) groups is 1. The van der Waals surface area contributed by atoms with Crippen molar-refractivity contribution in [2.45, 2.75) is 38.6 Å². The van der Waals surface area contributed by atoms with Crippen LogP contribution in [0.15, 0.2) is 0 Å². The highest BCUT2D eigenvalue weighted by Crippen LogP contribution is 2.18. The van der Waals surface area contributed by atoms with Crippen molar-refractivity contribution in [3.63, 3.8) is 0 Å². The number of carbonyl (C=O) groups excluding carboxylic acids is 1. The molecule has 0 heterocycles. The maximum atomic E-state index is 11.2. The topological polar surface area (TPSA) is 53.2 Å². The van der Waals surface area contributed by atoms with Gasteiger partial charge >= 0.3 is 0 Å². The van der Waals surface area contributed by atoms with Gasteiger partial charge in [-0.25, -0.2) is 0 Å². The molecule has 1 saturated carbocycles. The number of carbonyl (C=O) groups is 1. The van der Waals surface area contributed by atoms with Crippen LogP contribution in [-0.2, 0) is 4.79 Å². The minimum atomic E-state index is 0.0820. The maximum Gasteiger partial charge on any atom is 0.221 e. The summed E-state index contributed by atoms with van der Waals surface area (Å²) in [7, 11) is 0. The Morgan fingerprint density at radius 3 is 2.67 bits per heavy atom. The van der Waals surface area contributed by atoms with Crippen molar-refractivity contribution in [2.24, 2.45) is 0 Å². The van der Waals surface area contributed by atoms with Crippen molar-refractivity contribution in [3.05, 3.63) is 0 Å². The van der Waals surface area contributed by atoms with E-state index in [1.54, 1.807) is 0 Å². The van der Waals surface area contributed by atoms with Crippen LogP contribution < -0.4 is 16.0 Å². The monoisotopic (exact) mass is 229 g/mol. The van der Waals surface area contributed by atoms with E-state index in [0.717, 1.165) is 13.0 Å². The van der Waals surface area contributed by atoms with Gasteiger partial charge in [-0.1, -0.05) is 6.92 Å². The summed E-state index contributed by atoms with van der Waals surface area (Å²) in [5.74, 6) is 0.0820. The standard InChI is InChI=1S/C10H19N3OS/c1-2-6-11-9(14)5-7-12-10(15)13-8-3-4-8/h8H,2-7H2,1H3,(H,11,14)(H2,12,13,15). The molecule has 0 saturated heterocycles. The molecule has 1 rings (SSSR count). The predicted molar refractivity (Wildman–Crippen MR) is 64.7 cm³/mol. The summed E-state index contributed by atoms with van der Waals surface area (Å²) >= 11 is 5.06. The van der Waals surface area contributed by atoms with Gasteiger partial charge in [0.25, 0.3) is 0 Å². The Hall–Kier alpha value is -0.840. The second-order valence-corrected chi connectivity index (χ2v) is 4.18. The van der Waals surface area contributed by atoms with E-state index >= 15 is 0 Å². The zero-order valence-corrected chi connectivity index (χ0v) is 9.95. The first-order valence-electron chi connectivity index (χ1n) is 5.53. The molecule has 0 atom stereocenters. The van der Waals surface area contributed by atoms with Gasteiger partial charge in [-0.3, -0.25) is 4.79 Å².